The second-order valence-electron chi connectivity index (χ2n) is 3.55. The van der Waals surface area contributed by atoms with Gasteiger partial charge in [0.25, 0.3) is 0 Å². The van der Waals surface area contributed by atoms with Crippen molar-refractivity contribution in [3.63, 3.8) is 0 Å². The van der Waals surface area contributed by atoms with Crippen molar-refractivity contribution in [2.75, 3.05) is 0 Å². The number of aromatic nitrogens is 2. The average Bonchev–Trinajstić information content (AvgIpc) is 2.86. The molecule has 0 spiro atoms. The number of nitrogens with one attached hydrogen (secondary N) is 1. The minimum atomic E-state index is 0.775. The van der Waals surface area contributed by atoms with Gasteiger partial charge in [0.2, 0.25) is 0 Å². The molecule has 0 bridgehead atoms. The predicted molar refractivity (Wildman–Crippen MR) is 53.8 cm³/mol. The summed E-state index contributed by atoms with van der Waals surface area (Å²) < 4.78 is 3.99. The molecule has 1 heterocycles. The summed E-state index contributed by atoms with van der Waals surface area (Å²) in [5, 5.41) is 7.62. The van der Waals surface area contributed by atoms with E-state index in [0.717, 1.165) is 25.4 Å². The molecule has 0 radical (unpaired) electrons. The summed E-state index contributed by atoms with van der Waals surface area (Å²) in [5.41, 5.74) is 1.20. The molecule has 1 aliphatic rings. The smallest absolute Gasteiger partial charge is 0.0800 e. The van der Waals surface area contributed by atoms with Gasteiger partial charge < -0.3 is 5.32 Å². The van der Waals surface area contributed by atoms with Gasteiger partial charge in [0.05, 0.1) is 10.6 Å². The molecule has 4 heteroatoms. The Morgan fingerprint density at radius 2 is 2.38 bits per heavy atom. The van der Waals surface area contributed by atoms with Gasteiger partial charge in [-0.25, -0.2) is 0 Å². The third-order valence-corrected chi connectivity index (χ3v) is 3.01. The zero-order valence-corrected chi connectivity index (χ0v) is 8.73. The van der Waals surface area contributed by atoms with Crippen molar-refractivity contribution >= 4 is 11.5 Å². The highest BCUT2D eigenvalue weighted by molar-refractivity contribution is 7.05. The van der Waals surface area contributed by atoms with Gasteiger partial charge in [-0.05, 0) is 30.8 Å². The van der Waals surface area contributed by atoms with E-state index in [1.807, 2.05) is 0 Å². The van der Waals surface area contributed by atoms with E-state index in [4.69, 9.17) is 0 Å². The summed E-state index contributed by atoms with van der Waals surface area (Å²) in [5.74, 6) is 0. The summed E-state index contributed by atoms with van der Waals surface area (Å²) in [4.78, 5) is 1.33. The second kappa shape index (κ2) is 4.15. The van der Waals surface area contributed by atoms with Crippen molar-refractivity contribution < 1.29 is 0 Å². The molecule has 0 unspecified atom stereocenters. The molecule has 1 aromatic rings. The lowest BCUT2D eigenvalue weighted by atomic mass is 10.2. The standard InChI is InChI=1S/C9H15N3S/c1-2-3-8-9(13-12-11-8)6-10-7-4-5-7/h7,10H,2-6H2,1H3. The number of nitrogens with zero attached hydrogens (tertiary/aromatic N) is 2. The highest BCUT2D eigenvalue weighted by Crippen LogP contribution is 2.20. The lowest BCUT2D eigenvalue weighted by Gasteiger charge is -2.00. The van der Waals surface area contributed by atoms with Crippen LogP contribution < -0.4 is 5.32 Å². The van der Waals surface area contributed by atoms with Crippen LogP contribution in [0.5, 0.6) is 0 Å². The van der Waals surface area contributed by atoms with Crippen LogP contribution in [0.4, 0.5) is 0 Å². The van der Waals surface area contributed by atoms with Crippen LogP contribution in [0.3, 0.4) is 0 Å². The first kappa shape index (κ1) is 9.09. The summed E-state index contributed by atoms with van der Waals surface area (Å²) in [6.07, 6.45) is 4.91. The van der Waals surface area contributed by atoms with E-state index in [1.54, 1.807) is 0 Å². The first-order valence-electron chi connectivity index (χ1n) is 4.93. The van der Waals surface area contributed by atoms with Crippen LogP contribution in [-0.4, -0.2) is 15.6 Å². The molecule has 1 aromatic heterocycles. The van der Waals surface area contributed by atoms with E-state index in [1.165, 1.54) is 34.9 Å². The highest BCUT2D eigenvalue weighted by atomic mass is 32.1. The van der Waals surface area contributed by atoms with Crippen LogP contribution in [0, 0.1) is 0 Å². The number of hydrogen-bond acceptors (Lipinski definition) is 4. The van der Waals surface area contributed by atoms with Gasteiger partial charge >= 0.3 is 0 Å². The monoisotopic (exact) mass is 197 g/mol. The lowest BCUT2D eigenvalue weighted by Crippen LogP contribution is -2.15. The second-order valence-corrected chi connectivity index (χ2v) is 4.39. The van der Waals surface area contributed by atoms with Crippen molar-refractivity contribution in [1.29, 1.82) is 0 Å². The van der Waals surface area contributed by atoms with Crippen LogP contribution in [0.25, 0.3) is 0 Å². The van der Waals surface area contributed by atoms with Gasteiger partial charge in [0, 0.05) is 12.6 Å². The molecule has 72 valence electrons. The van der Waals surface area contributed by atoms with E-state index < -0.39 is 0 Å². The Kier molecular flexibility index (Phi) is 2.90. The van der Waals surface area contributed by atoms with Crippen molar-refractivity contribution in [3.05, 3.63) is 10.6 Å². The minimum Gasteiger partial charge on any atom is -0.309 e. The SMILES string of the molecule is CCCc1nnsc1CNC1CC1. The normalized spacial score (nSPS) is 16.4. The van der Waals surface area contributed by atoms with Crippen LogP contribution >= 0.6 is 11.5 Å². The molecule has 1 saturated carbocycles. The molecule has 13 heavy (non-hydrogen) atoms. The quantitative estimate of drug-likeness (QED) is 0.781. The zero-order chi connectivity index (χ0) is 9.10. The number of aryl methyl sites for hydroxylation is 1. The van der Waals surface area contributed by atoms with Crippen LogP contribution in [0.2, 0.25) is 0 Å². The Balaban J connectivity index is 1.88. The van der Waals surface area contributed by atoms with Crippen LogP contribution in [0.1, 0.15) is 36.8 Å². The molecule has 0 atom stereocenters. The van der Waals surface area contributed by atoms with Gasteiger partial charge in [-0.1, -0.05) is 17.8 Å². The third-order valence-electron chi connectivity index (χ3n) is 2.25. The number of rotatable bonds is 5. The van der Waals surface area contributed by atoms with Crippen LogP contribution in [0.15, 0.2) is 0 Å². The fraction of sp³-hybridized carbons (Fsp3) is 0.778. The summed E-state index contributed by atoms with van der Waals surface area (Å²) in [7, 11) is 0. The maximum absolute atomic E-state index is 4.13. The van der Waals surface area contributed by atoms with Crippen molar-refractivity contribution in [1.82, 2.24) is 14.9 Å². The fourth-order valence-corrected chi connectivity index (χ4v) is 1.95. The Hall–Kier alpha value is -0.480. The molecule has 2 rings (SSSR count). The summed E-state index contributed by atoms with van der Waals surface area (Å²) in [6, 6.07) is 0.775. The Bertz CT molecular complexity index is 268. The average molecular weight is 197 g/mol. The molecule has 0 aromatic carbocycles. The summed E-state index contributed by atoms with van der Waals surface area (Å²) >= 11 is 1.54. The molecule has 0 saturated heterocycles. The first-order chi connectivity index (χ1) is 6.40. The molecule has 1 N–H and O–H groups in total. The van der Waals surface area contributed by atoms with Gasteiger partial charge in [-0.3, -0.25) is 0 Å². The van der Waals surface area contributed by atoms with Crippen molar-refractivity contribution in [2.45, 2.75) is 45.2 Å². The Labute approximate surface area is 82.7 Å². The minimum absolute atomic E-state index is 0.775. The van der Waals surface area contributed by atoms with Gasteiger partial charge in [0.1, 0.15) is 0 Å². The number of hydrogen-bond donors (Lipinski definition) is 1. The third kappa shape index (κ3) is 2.48. The molecule has 0 aliphatic heterocycles. The van der Waals surface area contributed by atoms with E-state index in [2.05, 4.69) is 21.8 Å². The zero-order valence-electron chi connectivity index (χ0n) is 7.92. The van der Waals surface area contributed by atoms with E-state index in [0.29, 0.717) is 0 Å². The Morgan fingerprint density at radius 1 is 1.54 bits per heavy atom. The van der Waals surface area contributed by atoms with E-state index in [-0.39, 0.29) is 0 Å². The van der Waals surface area contributed by atoms with Gasteiger partial charge in [-0.15, -0.1) is 5.10 Å². The highest BCUT2D eigenvalue weighted by Gasteiger charge is 2.21. The fourth-order valence-electron chi connectivity index (χ4n) is 1.31. The summed E-state index contributed by atoms with van der Waals surface area (Å²) in [6.45, 7) is 3.15. The predicted octanol–water partition coefficient (Wildman–Crippen LogP) is 1.74. The topological polar surface area (TPSA) is 37.8 Å². The van der Waals surface area contributed by atoms with E-state index in [9.17, 15) is 0 Å². The molecule has 3 nitrogen and oxygen atoms in total. The lowest BCUT2D eigenvalue weighted by molar-refractivity contribution is 0.686. The van der Waals surface area contributed by atoms with E-state index >= 15 is 0 Å². The van der Waals surface area contributed by atoms with Crippen molar-refractivity contribution in [2.24, 2.45) is 0 Å². The maximum Gasteiger partial charge on any atom is 0.0800 e. The van der Waals surface area contributed by atoms with Gasteiger partial charge in [0.15, 0.2) is 0 Å². The Morgan fingerprint density at radius 3 is 3.08 bits per heavy atom. The van der Waals surface area contributed by atoms with Crippen molar-refractivity contribution in [3.8, 4) is 0 Å². The largest absolute Gasteiger partial charge is 0.309 e. The maximum atomic E-state index is 4.13. The molecular weight excluding hydrogens is 182 g/mol. The van der Waals surface area contributed by atoms with Crippen LogP contribution in [-0.2, 0) is 13.0 Å². The van der Waals surface area contributed by atoms with Gasteiger partial charge in [-0.2, -0.15) is 0 Å². The molecule has 0 amide bonds. The molecule has 1 aliphatic carbocycles. The molecular formula is C9H15N3S. The first-order valence-corrected chi connectivity index (χ1v) is 5.71. The molecule has 1 fully saturated rings.